The van der Waals surface area contributed by atoms with Crippen LogP contribution in [0.3, 0.4) is 0 Å². The van der Waals surface area contributed by atoms with E-state index in [0.29, 0.717) is 18.6 Å². The van der Waals surface area contributed by atoms with Gasteiger partial charge in [0.2, 0.25) is 0 Å². The van der Waals surface area contributed by atoms with Crippen LogP contribution in [-0.2, 0) is 6.54 Å². The highest BCUT2D eigenvalue weighted by molar-refractivity contribution is 5.85. The Bertz CT molecular complexity index is 491. The molecule has 1 heterocycles. The van der Waals surface area contributed by atoms with Gasteiger partial charge in [0, 0.05) is 18.9 Å². The molecule has 0 radical (unpaired) electrons. The smallest absolute Gasteiger partial charge is 0.168 e. The molecule has 1 atom stereocenters. The minimum absolute atomic E-state index is 0. The van der Waals surface area contributed by atoms with Gasteiger partial charge in [0.25, 0.3) is 0 Å². The van der Waals surface area contributed by atoms with Crippen LogP contribution in [0.25, 0.3) is 0 Å². The van der Waals surface area contributed by atoms with E-state index in [0.717, 1.165) is 5.56 Å². The van der Waals surface area contributed by atoms with Gasteiger partial charge in [-0.25, -0.2) is 0 Å². The van der Waals surface area contributed by atoms with Crippen LogP contribution >= 0.6 is 12.4 Å². The number of rotatable bonds is 4. The van der Waals surface area contributed by atoms with E-state index in [-0.39, 0.29) is 29.9 Å². The molecule has 2 N–H and O–H groups in total. The Morgan fingerprint density at radius 2 is 2.26 bits per heavy atom. The highest BCUT2D eigenvalue weighted by Gasteiger charge is 2.16. The van der Waals surface area contributed by atoms with Gasteiger partial charge >= 0.3 is 0 Å². The Kier molecular flexibility index (Phi) is 5.06. The first kappa shape index (κ1) is 15.2. The van der Waals surface area contributed by atoms with Crippen LogP contribution in [-0.4, -0.2) is 29.6 Å². The molecule has 0 saturated carbocycles. The minimum Gasteiger partial charge on any atom is -0.504 e. The third-order valence-electron chi connectivity index (χ3n) is 2.98. The fourth-order valence-electron chi connectivity index (χ4n) is 1.93. The van der Waals surface area contributed by atoms with Crippen molar-refractivity contribution in [3.05, 3.63) is 35.7 Å². The van der Waals surface area contributed by atoms with Crippen LogP contribution in [0.15, 0.2) is 24.5 Å². The van der Waals surface area contributed by atoms with Crippen LogP contribution in [0.1, 0.15) is 22.8 Å². The van der Waals surface area contributed by atoms with Gasteiger partial charge < -0.3 is 20.1 Å². The molecule has 104 valence electrons. The number of carbonyl (C=O) groups is 1. The van der Waals surface area contributed by atoms with Gasteiger partial charge in [0.05, 0.1) is 18.8 Å². The first-order valence-electron chi connectivity index (χ1n) is 5.69. The Balaban J connectivity index is 0.00000180. The highest BCUT2D eigenvalue weighted by atomic mass is 35.5. The summed E-state index contributed by atoms with van der Waals surface area (Å²) >= 11 is 0. The lowest BCUT2D eigenvalue weighted by Crippen LogP contribution is -2.31. The first-order chi connectivity index (χ1) is 8.65. The lowest BCUT2D eigenvalue weighted by molar-refractivity contribution is 0.112. The minimum atomic E-state index is -0.112. The molecule has 0 aromatic heterocycles. The van der Waals surface area contributed by atoms with Crippen molar-refractivity contribution in [1.82, 2.24) is 10.2 Å². The summed E-state index contributed by atoms with van der Waals surface area (Å²) in [5, 5.41) is 12.9. The molecule has 5 nitrogen and oxygen atoms in total. The third-order valence-corrected chi connectivity index (χ3v) is 2.98. The summed E-state index contributed by atoms with van der Waals surface area (Å²) in [5.74, 6) is 0.206. The van der Waals surface area contributed by atoms with Crippen LogP contribution in [0.4, 0.5) is 0 Å². The summed E-state index contributed by atoms with van der Waals surface area (Å²) in [4.78, 5) is 13.0. The molecule has 0 aliphatic carbocycles. The second kappa shape index (κ2) is 6.33. The van der Waals surface area contributed by atoms with Gasteiger partial charge in [-0.2, -0.15) is 0 Å². The third kappa shape index (κ3) is 3.12. The molecular formula is C13H17ClN2O3. The summed E-state index contributed by atoms with van der Waals surface area (Å²) in [5.41, 5.74) is 1.15. The molecule has 1 aromatic carbocycles. The maximum absolute atomic E-state index is 10.9. The number of nitrogens with zero attached hydrogens (tertiary/aromatic N) is 1. The molecular weight excluding hydrogens is 268 g/mol. The zero-order valence-corrected chi connectivity index (χ0v) is 11.6. The number of benzene rings is 1. The molecule has 0 amide bonds. The van der Waals surface area contributed by atoms with Crippen LogP contribution in [0, 0.1) is 0 Å². The van der Waals surface area contributed by atoms with E-state index in [2.05, 4.69) is 10.2 Å². The molecule has 0 fully saturated rings. The van der Waals surface area contributed by atoms with Gasteiger partial charge in [-0.05, 0) is 24.6 Å². The average molecular weight is 285 g/mol. The average Bonchev–Trinajstić information content (AvgIpc) is 2.77. The maximum Gasteiger partial charge on any atom is 0.168 e. The quantitative estimate of drug-likeness (QED) is 0.827. The summed E-state index contributed by atoms with van der Waals surface area (Å²) in [6, 6.07) is 3.41. The van der Waals surface area contributed by atoms with E-state index in [4.69, 9.17) is 4.74 Å². The second-order valence-corrected chi connectivity index (χ2v) is 4.18. The summed E-state index contributed by atoms with van der Waals surface area (Å²) in [6.07, 6.45) is 4.67. The molecule has 1 aliphatic rings. The Labute approximate surface area is 118 Å². The summed E-state index contributed by atoms with van der Waals surface area (Å²) < 4.78 is 5.06. The SMILES string of the molecule is COc1cc(CN2C=CNC2C)cc(C=O)c1O.Cl. The van der Waals surface area contributed by atoms with E-state index >= 15 is 0 Å². The number of halogens is 1. The van der Waals surface area contributed by atoms with Gasteiger partial charge in [-0.1, -0.05) is 0 Å². The van der Waals surface area contributed by atoms with E-state index in [9.17, 15) is 9.90 Å². The number of hydrogen-bond donors (Lipinski definition) is 2. The van der Waals surface area contributed by atoms with E-state index < -0.39 is 0 Å². The van der Waals surface area contributed by atoms with Crippen molar-refractivity contribution in [2.24, 2.45) is 0 Å². The van der Waals surface area contributed by atoms with Gasteiger partial charge in [0.15, 0.2) is 17.8 Å². The number of hydrogen-bond acceptors (Lipinski definition) is 5. The van der Waals surface area contributed by atoms with Crippen LogP contribution in [0.5, 0.6) is 11.5 Å². The Hall–Kier alpha value is -1.88. The highest BCUT2D eigenvalue weighted by Crippen LogP contribution is 2.31. The topological polar surface area (TPSA) is 61.8 Å². The van der Waals surface area contributed by atoms with Gasteiger partial charge in [-0.15, -0.1) is 12.4 Å². The second-order valence-electron chi connectivity index (χ2n) is 4.18. The predicted octanol–water partition coefficient (Wildman–Crippen LogP) is 1.86. The summed E-state index contributed by atoms with van der Waals surface area (Å²) in [6.45, 7) is 2.68. The number of methoxy groups -OCH3 is 1. The number of aromatic hydroxyl groups is 1. The molecule has 0 spiro atoms. The predicted molar refractivity (Wildman–Crippen MR) is 74.6 cm³/mol. The maximum atomic E-state index is 10.9. The first-order valence-corrected chi connectivity index (χ1v) is 5.69. The molecule has 0 saturated heterocycles. The number of nitrogens with one attached hydrogen (secondary N) is 1. The number of ether oxygens (including phenoxy) is 1. The Morgan fingerprint density at radius 3 is 2.79 bits per heavy atom. The number of phenolic OH excluding ortho intramolecular Hbond substituents is 1. The largest absolute Gasteiger partial charge is 0.504 e. The molecule has 1 aliphatic heterocycles. The van der Waals surface area contributed by atoms with Gasteiger partial charge in [0.1, 0.15) is 0 Å². The molecule has 2 rings (SSSR count). The van der Waals surface area contributed by atoms with E-state index in [1.807, 2.05) is 19.3 Å². The van der Waals surface area contributed by atoms with E-state index in [1.165, 1.54) is 7.11 Å². The lowest BCUT2D eigenvalue weighted by atomic mass is 10.1. The van der Waals surface area contributed by atoms with Crippen molar-refractivity contribution in [3.63, 3.8) is 0 Å². The van der Waals surface area contributed by atoms with Crippen LogP contribution < -0.4 is 10.1 Å². The molecule has 1 unspecified atom stereocenters. The standard InChI is InChI=1S/C13H16N2O3.ClH/c1-9-14-3-4-15(9)7-10-5-11(8-16)13(17)12(6-10)18-2;/h3-6,8-9,14,17H,7H2,1-2H3;1H. The summed E-state index contributed by atoms with van der Waals surface area (Å²) in [7, 11) is 1.47. The fourth-order valence-corrected chi connectivity index (χ4v) is 1.93. The van der Waals surface area contributed by atoms with Crippen molar-refractivity contribution >= 4 is 18.7 Å². The zero-order valence-electron chi connectivity index (χ0n) is 10.8. The number of phenols is 1. The zero-order chi connectivity index (χ0) is 13.1. The van der Waals surface area contributed by atoms with E-state index in [1.54, 1.807) is 12.1 Å². The molecule has 6 heteroatoms. The molecule has 0 bridgehead atoms. The van der Waals surface area contributed by atoms with Crippen molar-refractivity contribution in [1.29, 1.82) is 0 Å². The molecule has 19 heavy (non-hydrogen) atoms. The number of carbonyl (C=O) groups excluding carboxylic acids is 1. The number of aldehydes is 1. The normalized spacial score (nSPS) is 16.7. The fraction of sp³-hybridized carbons (Fsp3) is 0.308. The van der Waals surface area contributed by atoms with Gasteiger partial charge in [-0.3, -0.25) is 4.79 Å². The monoisotopic (exact) mass is 284 g/mol. The van der Waals surface area contributed by atoms with Crippen molar-refractivity contribution in [3.8, 4) is 11.5 Å². The van der Waals surface area contributed by atoms with Crippen molar-refractivity contribution in [2.45, 2.75) is 19.6 Å². The van der Waals surface area contributed by atoms with Crippen molar-refractivity contribution in [2.75, 3.05) is 7.11 Å². The lowest BCUT2D eigenvalue weighted by Gasteiger charge is -2.22. The van der Waals surface area contributed by atoms with Crippen molar-refractivity contribution < 1.29 is 14.6 Å². The molecule has 1 aromatic rings. The Morgan fingerprint density at radius 1 is 1.53 bits per heavy atom. The van der Waals surface area contributed by atoms with Crippen LogP contribution in [0.2, 0.25) is 0 Å².